The lowest BCUT2D eigenvalue weighted by molar-refractivity contribution is -0.757. The molecule has 0 bridgehead atoms. The minimum Gasteiger partial charge on any atom is -0.487 e. The van der Waals surface area contributed by atoms with E-state index in [9.17, 15) is 20.0 Å². The third kappa shape index (κ3) is 11.3. The lowest BCUT2D eigenvalue weighted by atomic mass is 10.1. The Morgan fingerprint density at radius 1 is 1.28 bits per heavy atom. The van der Waals surface area contributed by atoms with Crippen LogP contribution in [-0.4, -0.2) is 65.5 Å². The van der Waals surface area contributed by atoms with Gasteiger partial charge in [-0.1, -0.05) is 18.2 Å². The number of unbranched alkanes of at least 4 members (excludes halogenated alkanes) is 1. The molecule has 2 atom stereocenters. The number of rotatable bonds is 13. The first-order valence-corrected chi connectivity index (χ1v) is 9.74. The molecule has 0 radical (unpaired) electrons. The Morgan fingerprint density at radius 2 is 1.93 bits per heavy atom. The molecule has 1 aromatic rings. The SMILES string of the molecule is CN(CCCCO[N+](=O)[O-])C(=O)CC(Oc1ccccc1)C(O)CNC(C)(C)C. The second-order valence-corrected chi connectivity index (χ2v) is 7.95. The smallest absolute Gasteiger partial charge is 0.294 e. The van der Waals surface area contributed by atoms with Gasteiger partial charge in [0, 0.05) is 25.7 Å². The highest BCUT2D eigenvalue weighted by Gasteiger charge is 2.27. The number of hydrogen-bond donors (Lipinski definition) is 2. The number of ether oxygens (including phenoxy) is 1. The van der Waals surface area contributed by atoms with Gasteiger partial charge in [0.15, 0.2) is 0 Å². The molecule has 0 heterocycles. The second-order valence-electron chi connectivity index (χ2n) is 7.95. The quantitative estimate of drug-likeness (QED) is 0.290. The summed E-state index contributed by atoms with van der Waals surface area (Å²) in [5, 5.41) is 23.2. The fourth-order valence-electron chi connectivity index (χ4n) is 2.52. The molecule has 0 aromatic heterocycles. The van der Waals surface area contributed by atoms with Crippen molar-refractivity contribution in [1.82, 2.24) is 10.2 Å². The van der Waals surface area contributed by atoms with Crippen LogP contribution in [0, 0.1) is 10.1 Å². The first-order valence-electron chi connectivity index (χ1n) is 9.74. The van der Waals surface area contributed by atoms with Crippen molar-refractivity contribution in [3.05, 3.63) is 40.4 Å². The van der Waals surface area contributed by atoms with Crippen LogP contribution in [-0.2, 0) is 9.63 Å². The van der Waals surface area contributed by atoms with Gasteiger partial charge in [-0.3, -0.25) is 4.79 Å². The normalized spacial score (nSPS) is 13.4. The van der Waals surface area contributed by atoms with Crippen LogP contribution in [0.4, 0.5) is 0 Å². The Labute approximate surface area is 172 Å². The minimum absolute atomic E-state index is 0.00591. The molecule has 2 unspecified atom stereocenters. The van der Waals surface area contributed by atoms with E-state index in [0.717, 1.165) is 0 Å². The number of carbonyl (C=O) groups is 1. The lowest BCUT2D eigenvalue weighted by Crippen LogP contribution is -2.47. The van der Waals surface area contributed by atoms with Crippen LogP contribution in [0.3, 0.4) is 0 Å². The highest BCUT2D eigenvalue weighted by Crippen LogP contribution is 2.16. The Bertz CT molecular complexity index is 620. The molecule has 1 aromatic carbocycles. The standard InChI is InChI=1S/C20H33N3O6/c1-20(2,3)21-15-17(24)18(29-16-10-6-5-7-11-16)14-19(25)22(4)12-8-9-13-28-23(26)27/h5-7,10-11,17-18,21,24H,8-9,12-15H2,1-4H3. The monoisotopic (exact) mass is 411 g/mol. The number of amides is 1. The zero-order chi connectivity index (χ0) is 21.9. The summed E-state index contributed by atoms with van der Waals surface area (Å²) in [7, 11) is 1.66. The van der Waals surface area contributed by atoms with Crippen LogP contribution in [0.2, 0.25) is 0 Å². The number of benzene rings is 1. The molecular formula is C20H33N3O6. The van der Waals surface area contributed by atoms with Crippen LogP contribution in [0.1, 0.15) is 40.0 Å². The largest absolute Gasteiger partial charge is 0.487 e. The number of aliphatic hydroxyl groups is 1. The summed E-state index contributed by atoms with van der Waals surface area (Å²) in [5.41, 5.74) is -0.176. The topological polar surface area (TPSA) is 114 Å². The molecule has 2 N–H and O–H groups in total. The molecular weight excluding hydrogens is 378 g/mol. The van der Waals surface area contributed by atoms with Crippen molar-refractivity contribution < 1.29 is 24.6 Å². The van der Waals surface area contributed by atoms with Gasteiger partial charge in [-0.05, 0) is 45.7 Å². The summed E-state index contributed by atoms with van der Waals surface area (Å²) in [6, 6.07) is 9.07. The van der Waals surface area contributed by atoms with Crippen molar-refractivity contribution in [2.24, 2.45) is 0 Å². The second kappa shape index (κ2) is 12.2. The Hall–Kier alpha value is -2.39. The van der Waals surface area contributed by atoms with Crippen molar-refractivity contribution in [2.45, 2.75) is 57.8 Å². The fraction of sp³-hybridized carbons (Fsp3) is 0.650. The maximum atomic E-state index is 12.6. The minimum atomic E-state index is -0.875. The summed E-state index contributed by atoms with van der Waals surface area (Å²) < 4.78 is 5.90. The van der Waals surface area contributed by atoms with E-state index in [0.29, 0.717) is 25.1 Å². The lowest BCUT2D eigenvalue weighted by Gasteiger charge is -2.29. The van der Waals surface area contributed by atoms with Gasteiger partial charge in [-0.2, -0.15) is 0 Å². The summed E-state index contributed by atoms with van der Waals surface area (Å²) in [4.78, 5) is 28.5. The van der Waals surface area contributed by atoms with Crippen LogP contribution in [0.5, 0.6) is 5.75 Å². The molecule has 29 heavy (non-hydrogen) atoms. The van der Waals surface area contributed by atoms with E-state index in [-0.39, 0.29) is 31.0 Å². The molecule has 0 fully saturated rings. The first-order chi connectivity index (χ1) is 13.6. The van der Waals surface area contributed by atoms with Crippen molar-refractivity contribution in [2.75, 3.05) is 26.7 Å². The predicted octanol–water partition coefficient (Wildman–Crippen LogP) is 2.02. The van der Waals surface area contributed by atoms with Gasteiger partial charge in [0.05, 0.1) is 13.0 Å². The molecule has 0 aliphatic rings. The van der Waals surface area contributed by atoms with Gasteiger partial charge in [0.25, 0.3) is 5.09 Å². The van der Waals surface area contributed by atoms with E-state index in [2.05, 4.69) is 10.2 Å². The fourth-order valence-corrected chi connectivity index (χ4v) is 2.52. The molecule has 9 nitrogen and oxygen atoms in total. The van der Waals surface area contributed by atoms with Gasteiger partial charge in [0.2, 0.25) is 5.91 Å². The number of para-hydroxylation sites is 1. The number of β-amino-alcohol motifs (C(OH)–C–C–N with tert-alkyl or cyclic N) is 1. The van der Waals surface area contributed by atoms with Gasteiger partial charge in [-0.25, -0.2) is 0 Å². The van der Waals surface area contributed by atoms with Gasteiger partial charge in [0.1, 0.15) is 18.0 Å². The molecule has 1 rings (SSSR count). The van der Waals surface area contributed by atoms with Crippen molar-refractivity contribution >= 4 is 5.91 Å². The number of carbonyl (C=O) groups excluding carboxylic acids is 1. The zero-order valence-electron chi connectivity index (χ0n) is 17.7. The van der Waals surface area contributed by atoms with Crippen LogP contribution in [0.25, 0.3) is 0 Å². The number of hydrogen-bond acceptors (Lipinski definition) is 7. The molecule has 164 valence electrons. The number of nitrogens with zero attached hydrogens (tertiary/aromatic N) is 2. The van der Waals surface area contributed by atoms with E-state index in [1.54, 1.807) is 19.2 Å². The highest BCUT2D eigenvalue weighted by atomic mass is 16.9. The highest BCUT2D eigenvalue weighted by molar-refractivity contribution is 5.76. The third-order valence-electron chi connectivity index (χ3n) is 4.19. The Balaban J connectivity index is 2.61. The molecule has 1 amide bonds. The van der Waals surface area contributed by atoms with Crippen molar-refractivity contribution in [3.8, 4) is 5.75 Å². The number of nitrogens with one attached hydrogen (secondary N) is 1. The Morgan fingerprint density at radius 3 is 2.52 bits per heavy atom. The molecule has 0 saturated heterocycles. The van der Waals surface area contributed by atoms with Gasteiger partial charge < -0.3 is 24.9 Å². The zero-order valence-corrected chi connectivity index (χ0v) is 17.7. The molecule has 0 spiro atoms. The van der Waals surface area contributed by atoms with Crippen molar-refractivity contribution in [3.63, 3.8) is 0 Å². The summed E-state index contributed by atoms with van der Waals surface area (Å²) in [6.45, 7) is 6.72. The van der Waals surface area contributed by atoms with Gasteiger partial charge >= 0.3 is 0 Å². The predicted molar refractivity (Wildman–Crippen MR) is 109 cm³/mol. The first kappa shape index (κ1) is 24.6. The van der Waals surface area contributed by atoms with E-state index in [1.165, 1.54) is 4.90 Å². The summed E-state index contributed by atoms with van der Waals surface area (Å²) in [5.74, 6) is 0.413. The van der Waals surface area contributed by atoms with Crippen LogP contribution in [0.15, 0.2) is 30.3 Å². The van der Waals surface area contributed by atoms with E-state index >= 15 is 0 Å². The molecule has 0 aliphatic carbocycles. The van der Waals surface area contributed by atoms with E-state index < -0.39 is 17.3 Å². The summed E-state index contributed by atoms with van der Waals surface area (Å²) >= 11 is 0. The van der Waals surface area contributed by atoms with E-state index in [1.807, 2.05) is 39.0 Å². The Kier molecular flexibility index (Phi) is 10.4. The molecule has 9 heteroatoms. The molecule has 0 saturated carbocycles. The average molecular weight is 411 g/mol. The van der Waals surface area contributed by atoms with Crippen molar-refractivity contribution in [1.29, 1.82) is 0 Å². The maximum absolute atomic E-state index is 12.6. The summed E-state index contributed by atoms with van der Waals surface area (Å²) in [6.07, 6.45) is -0.515. The maximum Gasteiger partial charge on any atom is 0.294 e. The van der Waals surface area contributed by atoms with E-state index in [4.69, 9.17) is 4.74 Å². The average Bonchev–Trinajstić information content (AvgIpc) is 2.65. The van der Waals surface area contributed by atoms with Crippen LogP contribution < -0.4 is 10.1 Å². The molecule has 0 aliphatic heterocycles. The third-order valence-corrected chi connectivity index (χ3v) is 4.19. The van der Waals surface area contributed by atoms with Crippen LogP contribution >= 0.6 is 0 Å². The van der Waals surface area contributed by atoms with Gasteiger partial charge in [-0.15, -0.1) is 10.1 Å². The number of aliphatic hydroxyl groups excluding tert-OH is 1.